The van der Waals surface area contributed by atoms with Gasteiger partial charge in [0, 0.05) is 0 Å². The molecule has 0 radical (unpaired) electrons. The molecule has 0 aliphatic carbocycles. The zero-order valence-corrected chi connectivity index (χ0v) is 7.64. The van der Waals surface area contributed by atoms with Gasteiger partial charge in [0.15, 0.2) is 0 Å². The number of nitrogens with zero attached hydrogens (tertiary/aromatic N) is 1. The van der Waals surface area contributed by atoms with E-state index in [0.717, 1.165) is 6.07 Å². The molecular formula is C9H7ClFNO. The predicted octanol–water partition coefficient (Wildman–Crippen LogP) is 2.81. The smallest absolute Gasteiger partial charge is 0.145 e. The molecular weight excluding hydrogens is 193 g/mol. The van der Waals surface area contributed by atoms with Crippen LogP contribution in [0.25, 0.3) is 0 Å². The van der Waals surface area contributed by atoms with Crippen molar-refractivity contribution in [3.8, 4) is 11.8 Å². The summed E-state index contributed by atoms with van der Waals surface area (Å²) in [4.78, 5) is 0. The summed E-state index contributed by atoms with van der Waals surface area (Å²) in [5.41, 5.74) is 0.418. The molecule has 1 unspecified atom stereocenters. The van der Waals surface area contributed by atoms with Crippen molar-refractivity contribution in [2.45, 2.75) is 12.8 Å². The lowest BCUT2D eigenvalue weighted by Gasteiger charge is -2.05. The minimum absolute atomic E-state index is 0.311. The van der Waals surface area contributed by atoms with Gasteiger partial charge in [-0.3, -0.25) is 0 Å². The maximum atomic E-state index is 12.9. The summed E-state index contributed by atoms with van der Waals surface area (Å²) in [7, 11) is 0. The molecule has 0 saturated carbocycles. The van der Waals surface area contributed by atoms with E-state index in [1.165, 1.54) is 6.07 Å². The van der Waals surface area contributed by atoms with E-state index in [9.17, 15) is 4.39 Å². The van der Waals surface area contributed by atoms with Gasteiger partial charge in [0.2, 0.25) is 0 Å². The van der Waals surface area contributed by atoms with Crippen LogP contribution < -0.4 is 0 Å². The molecule has 0 bridgehead atoms. The van der Waals surface area contributed by atoms with E-state index in [-0.39, 0.29) is 10.8 Å². The first-order valence-corrected chi connectivity index (χ1v) is 4.01. The lowest BCUT2D eigenvalue weighted by atomic mass is 10.0. The number of nitriles is 1. The SMILES string of the molecule is CC(C#N)c1cc(O)c(Cl)c(F)c1. The summed E-state index contributed by atoms with van der Waals surface area (Å²) < 4.78 is 12.9. The Morgan fingerprint density at radius 3 is 2.69 bits per heavy atom. The number of phenols is 1. The lowest BCUT2D eigenvalue weighted by molar-refractivity contribution is 0.468. The third-order valence-electron chi connectivity index (χ3n) is 1.72. The van der Waals surface area contributed by atoms with Gasteiger partial charge >= 0.3 is 0 Å². The van der Waals surface area contributed by atoms with Gasteiger partial charge < -0.3 is 5.11 Å². The lowest BCUT2D eigenvalue weighted by Crippen LogP contribution is -1.91. The van der Waals surface area contributed by atoms with Gasteiger partial charge in [0.1, 0.15) is 16.6 Å². The van der Waals surface area contributed by atoms with Crippen molar-refractivity contribution in [3.63, 3.8) is 0 Å². The second-order valence-corrected chi connectivity index (χ2v) is 3.06. The van der Waals surface area contributed by atoms with Crippen LogP contribution in [0.2, 0.25) is 5.02 Å². The molecule has 0 heterocycles. The molecule has 1 atom stereocenters. The summed E-state index contributed by atoms with van der Waals surface area (Å²) in [6.45, 7) is 1.61. The Bertz CT molecular complexity index is 349. The van der Waals surface area contributed by atoms with Crippen molar-refractivity contribution in [1.82, 2.24) is 0 Å². The zero-order valence-electron chi connectivity index (χ0n) is 6.88. The molecule has 4 heteroatoms. The normalized spacial score (nSPS) is 12.2. The van der Waals surface area contributed by atoms with Crippen LogP contribution in [0.1, 0.15) is 18.4 Å². The maximum Gasteiger partial charge on any atom is 0.145 e. The average molecular weight is 200 g/mol. The fourth-order valence-corrected chi connectivity index (χ4v) is 1.03. The number of aromatic hydroxyl groups is 1. The molecule has 1 aromatic rings. The highest BCUT2D eigenvalue weighted by Gasteiger charge is 2.11. The van der Waals surface area contributed by atoms with E-state index in [1.54, 1.807) is 6.92 Å². The number of benzene rings is 1. The van der Waals surface area contributed by atoms with E-state index in [2.05, 4.69) is 0 Å². The van der Waals surface area contributed by atoms with Gasteiger partial charge in [0.05, 0.1) is 12.0 Å². The zero-order chi connectivity index (χ0) is 10.0. The van der Waals surface area contributed by atoms with E-state index in [4.69, 9.17) is 22.0 Å². The summed E-state index contributed by atoms with van der Waals surface area (Å²) in [6.07, 6.45) is 0. The molecule has 0 amide bonds. The van der Waals surface area contributed by atoms with Gasteiger partial charge in [-0.05, 0) is 24.6 Å². The largest absolute Gasteiger partial charge is 0.506 e. The molecule has 0 aliphatic rings. The molecule has 0 spiro atoms. The van der Waals surface area contributed by atoms with E-state index < -0.39 is 11.7 Å². The number of hydrogen-bond acceptors (Lipinski definition) is 2. The van der Waals surface area contributed by atoms with Crippen LogP contribution in [-0.4, -0.2) is 5.11 Å². The molecule has 0 aliphatic heterocycles. The second-order valence-electron chi connectivity index (χ2n) is 2.69. The average Bonchev–Trinajstić information content (AvgIpc) is 2.12. The molecule has 0 aromatic heterocycles. The van der Waals surface area contributed by atoms with Gasteiger partial charge in [-0.15, -0.1) is 0 Å². The molecule has 0 fully saturated rings. The van der Waals surface area contributed by atoms with Crippen molar-refractivity contribution in [3.05, 3.63) is 28.5 Å². The Balaban J connectivity index is 3.22. The van der Waals surface area contributed by atoms with E-state index in [0.29, 0.717) is 5.56 Å². The Morgan fingerprint density at radius 1 is 1.62 bits per heavy atom. The summed E-state index contributed by atoms with van der Waals surface area (Å²) in [5.74, 6) is -1.50. The second kappa shape index (κ2) is 3.63. The van der Waals surface area contributed by atoms with Crippen LogP contribution in [0, 0.1) is 17.1 Å². The molecule has 68 valence electrons. The van der Waals surface area contributed by atoms with Gasteiger partial charge in [0.25, 0.3) is 0 Å². The minimum Gasteiger partial charge on any atom is -0.506 e. The predicted molar refractivity (Wildman–Crippen MR) is 47.1 cm³/mol. The van der Waals surface area contributed by atoms with Crippen molar-refractivity contribution in [1.29, 1.82) is 5.26 Å². The van der Waals surface area contributed by atoms with Crippen molar-refractivity contribution in [2.75, 3.05) is 0 Å². The molecule has 0 saturated heterocycles. The first-order valence-electron chi connectivity index (χ1n) is 3.63. The number of rotatable bonds is 1. The first-order chi connectivity index (χ1) is 6.06. The van der Waals surface area contributed by atoms with Crippen LogP contribution >= 0.6 is 11.6 Å². The first kappa shape index (κ1) is 9.82. The van der Waals surface area contributed by atoms with E-state index in [1.807, 2.05) is 6.07 Å². The van der Waals surface area contributed by atoms with Crippen LogP contribution in [-0.2, 0) is 0 Å². The Labute approximate surface area is 80.2 Å². The van der Waals surface area contributed by atoms with Crippen LogP contribution in [0.15, 0.2) is 12.1 Å². The molecule has 13 heavy (non-hydrogen) atoms. The fourth-order valence-electron chi connectivity index (χ4n) is 0.919. The third kappa shape index (κ3) is 1.90. The summed E-state index contributed by atoms with van der Waals surface area (Å²) >= 11 is 5.39. The quantitative estimate of drug-likeness (QED) is 0.756. The molecule has 2 nitrogen and oxygen atoms in total. The Morgan fingerprint density at radius 2 is 2.23 bits per heavy atom. The van der Waals surface area contributed by atoms with Crippen LogP contribution in [0.4, 0.5) is 4.39 Å². The number of phenolic OH excluding ortho intramolecular Hbond substituents is 1. The monoisotopic (exact) mass is 199 g/mol. The van der Waals surface area contributed by atoms with Gasteiger partial charge in [-0.25, -0.2) is 4.39 Å². The molecule has 1 rings (SSSR count). The van der Waals surface area contributed by atoms with E-state index >= 15 is 0 Å². The number of halogens is 2. The number of hydrogen-bond donors (Lipinski definition) is 1. The molecule has 1 N–H and O–H groups in total. The van der Waals surface area contributed by atoms with Crippen molar-refractivity contribution >= 4 is 11.6 Å². The fraction of sp³-hybridized carbons (Fsp3) is 0.222. The maximum absolute atomic E-state index is 12.9. The van der Waals surface area contributed by atoms with Crippen LogP contribution in [0.5, 0.6) is 5.75 Å². The Hall–Kier alpha value is -1.27. The van der Waals surface area contributed by atoms with Gasteiger partial charge in [-0.1, -0.05) is 11.6 Å². The third-order valence-corrected chi connectivity index (χ3v) is 2.10. The minimum atomic E-state index is -0.709. The topological polar surface area (TPSA) is 44.0 Å². The highest BCUT2D eigenvalue weighted by molar-refractivity contribution is 6.32. The van der Waals surface area contributed by atoms with Crippen molar-refractivity contribution < 1.29 is 9.50 Å². The highest BCUT2D eigenvalue weighted by Crippen LogP contribution is 2.30. The van der Waals surface area contributed by atoms with Crippen LogP contribution in [0.3, 0.4) is 0 Å². The van der Waals surface area contributed by atoms with Crippen molar-refractivity contribution in [2.24, 2.45) is 0 Å². The molecule has 1 aromatic carbocycles. The highest BCUT2D eigenvalue weighted by atomic mass is 35.5. The summed E-state index contributed by atoms with van der Waals surface area (Å²) in [6, 6.07) is 4.37. The standard InChI is InChI=1S/C9H7ClFNO/c1-5(4-12)6-2-7(11)9(10)8(13)3-6/h2-3,5,13H,1H3. The van der Waals surface area contributed by atoms with Gasteiger partial charge in [-0.2, -0.15) is 5.26 Å². The Kier molecular flexibility index (Phi) is 2.74. The summed E-state index contributed by atoms with van der Waals surface area (Å²) in [5, 5.41) is 17.4.